The van der Waals surface area contributed by atoms with Crippen LogP contribution in [0.5, 0.6) is 5.88 Å². The fourth-order valence-electron chi connectivity index (χ4n) is 4.02. The second kappa shape index (κ2) is 10.4. The van der Waals surface area contributed by atoms with Crippen molar-refractivity contribution in [3.63, 3.8) is 0 Å². The number of fused-ring (bicyclic) bond motifs is 2. The molecule has 8 heteroatoms. The summed E-state index contributed by atoms with van der Waals surface area (Å²) in [7, 11) is 5.99. The van der Waals surface area contributed by atoms with Gasteiger partial charge in [0.1, 0.15) is 12.0 Å². The SMILES string of the molecule is CCOc1nc2c(cc1Nc1ncc3cccc(C(/C=C\C=O)=C/N(C)C)c3n1)CN(C)CC2. The molecule has 0 bridgehead atoms. The summed E-state index contributed by atoms with van der Waals surface area (Å²) >= 11 is 0. The molecule has 0 saturated carbocycles. The summed E-state index contributed by atoms with van der Waals surface area (Å²) in [6.45, 7) is 4.29. The van der Waals surface area contributed by atoms with Gasteiger partial charge in [0.25, 0.3) is 0 Å². The molecule has 176 valence electrons. The van der Waals surface area contributed by atoms with E-state index < -0.39 is 0 Å². The number of aromatic nitrogens is 3. The molecule has 0 fully saturated rings. The van der Waals surface area contributed by atoms with Crippen molar-refractivity contribution in [1.82, 2.24) is 24.8 Å². The molecule has 1 aliphatic rings. The molecule has 0 atom stereocenters. The quantitative estimate of drug-likeness (QED) is 0.310. The number of benzene rings is 1. The molecule has 0 saturated heterocycles. The lowest BCUT2D eigenvalue weighted by atomic mass is 10.0. The molecule has 0 aliphatic carbocycles. The van der Waals surface area contributed by atoms with Gasteiger partial charge < -0.3 is 19.9 Å². The highest BCUT2D eigenvalue weighted by Gasteiger charge is 2.19. The first kappa shape index (κ1) is 23.4. The third kappa shape index (κ3) is 5.23. The second-order valence-electron chi connectivity index (χ2n) is 8.47. The van der Waals surface area contributed by atoms with Gasteiger partial charge in [-0.05, 0) is 43.3 Å². The molecule has 4 rings (SSSR count). The average Bonchev–Trinajstić information content (AvgIpc) is 2.82. The van der Waals surface area contributed by atoms with Gasteiger partial charge in [0, 0.05) is 57.0 Å². The zero-order chi connectivity index (χ0) is 24.1. The van der Waals surface area contributed by atoms with Crippen molar-refractivity contribution < 1.29 is 9.53 Å². The average molecular weight is 459 g/mol. The van der Waals surface area contributed by atoms with Crippen LogP contribution >= 0.6 is 0 Å². The number of ether oxygens (including phenoxy) is 1. The Morgan fingerprint density at radius 2 is 2.15 bits per heavy atom. The predicted octanol–water partition coefficient (Wildman–Crippen LogP) is 3.81. The fraction of sp³-hybridized carbons (Fsp3) is 0.308. The zero-order valence-electron chi connectivity index (χ0n) is 20.1. The first-order valence-corrected chi connectivity index (χ1v) is 11.4. The highest BCUT2D eigenvalue weighted by Crippen LogP contribution is 2.31. The lowest BCUT2D eigenvalue weighted by Crippen LogP contribution is -2.27. The van der Waals surface area contributed by atoms with E-state index in [-0.39, 0.29) is 0 Å². The Kier molecular flexibility index (Phi) is 7.18. The minimum atomic E-state index is 0.454. The molecule has 3 heterocycles. The van der Waals surface area contributed by atoms with Crippen molar-refractivity contribution in [2.45, 2.75) is 19.9 Å². The van der Waals surface area contributed by atoms with Crippen LogP contribution in [0.15, 0.2) is 48.8 Å². The Morgan fingerprint density at radius 3 is 2.91 bits per heavy atom. The van der Waals surface area contributed by atoms with E-state index in [1.807, 2.05) is 50.3 Å². The molecule has 3 aromatic rings. The number of nitrogens with one attached hydrogen (secondary N) is 1. The van der Waals surface area contributed by atoms with E-state index in [1.165, 1.54) is 11.6 Å². The summed E-state index contributed by atoms with van der Waals surface area (Å²) in [5, 5.41) is 4.24. The number of likely N-dealkylation sites (N-methyl/N-ethyl adjacent to an activating group) is 1. The minimum Gasteiger partial charge on any atom is -0.476 e. The number of rotatable bonds is 8. The predicted molar refractivity (Wildman–Crippen MR) is 135 cm³/mol. The van der Waals surface area contributed by atoms with Gasteiger partial charge in [0.05, 0.1) is 17.8 Å². The molecular formula is C26H30N6O2. The maximum atomic E-state index is 11.0. The number of nitrogens with zero attached hydrogens (tertiary/aromatic N) is 5. The smallest absolute Gasteiger partial charge is 0.238 e. The van der Waals surface area contributed by atoms with E-state index in [9.17, 15) is 4.79 Å². The van der Waals surface area contributed by atoms with Crippen LogP contribution in [-0.2, 0) is 17.8 Å². The Bertz CT molecular complexity index is 1250. The van der Waals surface area contributed by atoms with Gasteiger partial charge in [-0.25, -0.2) is 15.0 Å². The number of carbonyl (C=O) groups is 1. The molecule has 0 unspecified atom stereocenters. The highest BCUT2D eigenvalue weighted by atomic mass is 16.5. The summed E-state index contributed by atoms with van der Waals surface area (Å²) in [6.07, 6.45) is 8.70. The first-order chi connectivity index (χ1) is 16.5. The van der Waals surface area contributed by atoms with Crippen molar-refractivity contribution in [1.29, 1.82) is 0 Å². The Balaban J connectivity index is 1.76. The lowest BCUT2D eigenvalue weighted by Gasteiger charge is -2.25. The third-order valence-corrected chi connectivity index (χ3v) is 5.53. The minimum absolute atomic E-state index is 0.454. The number of para-hydroxylation sites is 1. The molecule has 1 N–H and O–H groups in total. The third-order valence-electron chi connectivity index (χ3n) is 5.53. The molecule has 1 aromatic carbocycles. The van der Waals surface area contributed by atoms with Gasteiger partial charge in [-0.1, -0.05) is 18.2 Å². The number of carbonyl (C=O) groups excluding carboxylic acids is 1. The van der Waals surface area contributed by atoms with E-state index in [2.05, 4.69) is 28.3 Å². The highest BCUT2D eigenvalue weighted by molar-refractivity contribution is 5.94. The van der Waals surface area contributed by atoms with Crippen molar-refractivity contribution in [2.24, 2.45) is 0 Å². The topological polar surface area (TPSA) is 83.5 Å². The molecule has 34 heavy (non-hydrogen) atoms. The van der Waals surface area contributed by atoms with Gasteiger partial charge >= 0.3 is 0 Å². The first-order valence-electron chi connectivity index (χ1n) is 11.4. The van der Waals surface area contributed by atoms with Gasteiger partial charge in [0.15, 0.2) is 0 Å². The summed E-state index contributed by atoms with van der Waals surface area (Å²) < 4.78 is 5.84. The number of pyridine rings is 1. The van der Waals surface area contributed by atoms with Crippen LogP contribution in [-0.4, -0.2) is 65.3 Å². The summed E-state index contributed by atoms with van der Waals surface area (Å²) in [6, 6.07) is 8.02. The van der Waals surface area contributed by atoms with Crippen molar-refractivity contribution in [3.8, 4) is 5.88 Å². The van der Waals surface area contributed by atoms with Crippen molar-refractivity contribution in [2.75, 3.05) is 39.6 Å². The molecule has 2 aromatic heterocycles. The van der Waals surface area contributed by atoms with E-state index in [0.717, 1.165) is 59.2 Å². The number of hydrogen-bond donors (Lipinski definition) is 1. The maximum Gasteiger partial charge on any atom is 0.238 e. The van der Waals surface area contributed by atoms with Gasteiger partial charge in [0.2, 0.25) is 11.8 Å². The van der Waals surface area contributed by atoms with Gasteiger partial charge in [-0.3, -0.25) is 4.79 Å². The van der Waals surface area contributed by atoms with Gasteiger partial charge in [-0.2, -0.15) is 0 Å². The summed E-state index contributed by atoms with van der Waals surface area (Å²) in [5.74, 6) is 1.01. The summed E-state index contributed by atoms with van der Waals surface area (Å²) in [4.78, 5) is 29.3. The fourth-order valence-corrected chi connectivity index (χ4v) is 4.02. The number of allylic oxidation sites excluding steroid dienone is 3. The Labute approximate surface area is 200 Å². The Morgan fingerprint density at radius 1 is 1.29 bits per heavy atom. The van der Waals surface area contributed by atoms with E-state index in [0.29, 0.717) is 18.4 Å². The van der Waals surface area contributed by atoms with Crippen LogP contribution in [0.25, 0.3) is 16.5 Å². The largest absolute Gasteiger partial charge is 0.476 e. The summed E-state index contributed by atoms with van der Waals surface area (Å²) in [5.41, 5.74) is 5.57. The molecule has 1 aliphatic heterocycles. The Hall–Kier alpha value is -3.78. The molecular weight excluding hydrogens is 428 g/mol. The maximum absolute atomic E-state index is 11.0. The zero-order valence-corrected chi connectivity index (χ0v) is 20.1. The van der Waals surface area contributed by atoms with Crippen LogP contribution in [0.2, 0.25) is 0 Å². The number of anilines is 2. The number of aldehydes is 1. The normalized spacial score (nSPS) is 14.3. The van der Waals surface area contributed by atoms with E-state index in [4.69, 9.17) is 14.7 Å². The molecule has 0 radical (unpaired) electrons. The van der Waals surface area contributed by atoms with Crippen LogP contribution in [0.4, 0.5) is 11.6 Å². The van der Waals surface area contributed by atoms with Crippen LogP contribution in [0.1, 0.15) is 23.7 Å². The van der Waals surface area contributed by atoms with Crippen LogP contribution in [0.3, 0.4) is 0 Å². The van der Waals surface area contributed by atoms with Crippen molar-refractivity contribution in [3.05, 3.63) is 65.6 Å². The van der Waals surface area contributed by atoms with Crippen LogP contribution in [0, 0.1) is 0 Å². The second-order valence-corrected chi connectivity index (χ2v) is 8.47. The van der Waals surface area contributed by atoms with E-state index >= 15 is 0 Å². The standard InChI is InChI=1S/C26H30N6O2/c1-5-34-25-23(14-20-17-32(4)12-11-22(20)28-25)29-26-27-15-18-8-6-10-21(24(18)30-26)19(9-7-13-33)16-31(2)3/h6-10,13-16H,5,11-12,17H2,1-4H3,(H,27,29,30)/b9-7-,19-16+. The van der Waals surface area contributed by atoms with Crippen LogP contribution < -0.4 is 10.1 Å². The lowest BCUT2D eigenvalue weighted by molar-refractivity contribution is -0.104. The molecule has 0 amide bonds. The number of hydrogen-bond acceptors (Lipinski definition) is 8. The molecule has 0 spiro atoms. The monoisotopic (exact) mass is 458 g/mol. The van der Waals surface area contributed by atoms with E-state index in [1.54, 1.807) is 12.3 Å². The molecule has 8 nitrogen and oxygen atoms in total. The van der Waals surface area contributed by atoms with Gasteiger partial charge in [-0.15, -0.1) is 0 Å². The van der Waals surface area contributed by atoms with Crippen molar-refractivity contribution >= 4 is 34.4 Å².